The Labute approximate surface area is 107 Å². The molecule has 0 spiro atoms. The number of fused-ring (bicyclic) bond motifs is 1. The van der Waals surface area contributed by atoms with E-state index in [1.54, 1.807) is 13.0 Å². The number of aromatic hydroxyl groups is 1. The minimum Gasteiger partial charge on any atom is -0.508 e. The Hall–Kier alpha value is -2.01. The molecule has 94 valence electrons. The van der Waals surface area contributed by atoms with Crippen LogP contribution in [0.15, 0.2) is 33.2 Å². The van der Waals surface area contributed by atoms with Gasteiger partial charge in [0.2, 0.25) is 5.55 Å². The van der Waals surface area contributed by atoms with Crippen molar-refractivity contribution in [3.8, 4) is 5.75 Å². The molecule has 1 heterocycles. The van der Waals surface area contributed by atoms with Gasteiger partial charge in [-0.25, -0.2) is 4.79 Å². The molecule has 0 fully saturated rings. The lowest BCUT2D eigenvalue weighted by Crippen LogP contribution is -2.17. The van der Waals surface area contributed by atoms with E-state index in [1.165, 1.54) is 18.2 Å². The van der Waals surface area contributed by atoms with E-state index >= 15 is 0 Å². The maximum Gasteiger partial charge on any atom is 0.343 e. The predicted octanol–water partition coefficient (Wildman–Crippen LogP) is 2.37. The third-order valence-electron chi connectivity index (χ3n) is 2.30. The Morgan fingerprint density at radius 1 is 1.50 bits per heavy atom. The van der Waals surface area contributed by atoms with Crippen LogP contribution in [0.25, 0.3) is 11.0 Å². The second-order valence-electron chi connectivity index (χ2n) is 3.49. The van der Waals surface area contributed by atoms with Crippen molar-refractivity contribution in [3.63, 3.8) is 0 Å². The van der Waals surface area contributed by atoms with Crippen LogP contribution in [0.2, 0.25) is 0 Å². The number of nitrogens with zero attached hydrogens (tertiary/aromatic N) is 1. The van der Waals surface area contributed by atoms with Gasteiger partial charge in [-0.2, -0.15) is 0 Å². The van der Waals surface area contributed by atoms with Gasteiger partial charge in [-0.1, -0.05) is 0 Å². The van der Waals surface area contributed by atoms with Gasteiger partial charge in [0, 0.05) is 17.2 Å². The van der Waals surface area contributed by atoms with Crippen molar-refractivity contribution in [1.29, 1.82) is 0 Å². The maximum atomic E-state index is 11.7. The van der Waals surface area contributed by atoms with Crippen molar-refractivity contribution in [1.82, 2.24) is 0 Å². The smallest absolute Gasteiger partial charge is 0.343 e. The number of hydrogen-bond acceptors (Lipinski definition) is 5. The molecule has 6 heteroatoms. The Balaban J connectivity index is 2.68. The van der Waals surface area contributed by atoms with E-state index in [4.69, 9.17) is 20.9 Å². The third-order valence-corrected chi connectivity index (χ3v) is 2.46. The van der Waals surface area contributed by atoms with Gasteiger partial charge in [-0.15, -0.1) is 4.51 Å². The molecule has 0 radical (unpaired) electrons. The molecule has 0 atom stereocenters. The Morgan fingerprint density at radius 3 is 2.94 bits per heavy atom. The largest absolute Gasteiger partial charge is 0.508 e. The number of phenolic OH excluding ortho intramolecular Hbond substituents is 1. The zero-order valence-electron chi connectivity index (χ0n) is 9.51. The summed E-state index contributed by atoms with van der Waals surface area (Å²) in [6.07, 6.45) is 0. The highest BCUT2D eigenvalue weighted by Gasteiger charge is 2.13. The molecule has 0 aliphatic rings. The summed E-state index contributed by atoms with van der Waals surface area (Å²) in [4.78, 5) is 11.7. The molecule has 0 saturated heterocycles. The molecule has 1 aromatic carbocycles. The van der Waals surface area contributed by atoms with Crippen molar-refractivity contribution in [2.45, 2.75) is 6.92 Å². The Morgan fingerprint density at radius 2 is 2.28 bits per heavy atom. The van der Waals surface area contributed by atoms with Crippen LogP contribution in [-0.2, 0) is 4.74 Å². The van der Waals surface area contributed by atoms with Crippen LogP contribution in [0.4, 0.5) is 0 Å². The monoisotopic (exact) mass is 267 g/mol. The lowest BCUT2D eigenvalue weighted by atomic mass is 10.2. The van der Waals surface area contributed by atoms with E-state index in [1.807, 2.05) is 0 Å². The molecule has 1 aromatic heterocycles. The fourth-order valence-electron chi connectivity index (χ4n) is 1.54. The van der Waals surface area contributed by atoms with Gasteiger partial charge < -0.3 is 14.3 Å². The Kier molecular flexibility index (Phi) is 3.53. The summed E-state index contributed by atoms with van der Waals surface area (Å²) < 4.78 is 13.6. The fourth-order valence-corrected chi connectivity index (χ4v) is 1.66. The average Bonchev–Trinajstić information content (AvgIpc) is 2.37. The predicted molar refractivity (Wildman–Crippen MR) is 65.3 cm³/mol. The summed E-state index contributed by atoms with van der Waals surface area (Å²) in [7, 11) is 0. The molecule has 18 heavy (non-hydrogen) atoms. The molecule has 0 aliphatic carbocycles. The number of carbonyl (C=O) groups is 1. The van der Waals surface area contributed by atoms with E-state index in [0.717, 1.165) is 0 Å². The minimum absolute atomic E-state index is 0.0201. The Bertz CT molecular complexity index is 663. The molecular weight excluding hydrogens is 258 g/mol. The average molecular weight is 268 g/mol. The molecule has 0 aliphatic heterocycles. The van der Waals surface area contributed by atoms with Crippen molar-refractivity contribution < 1.29 is 19.1 Å². The number of carbonyl (C=O) groups excluding carboxylic acids is 1. The minimum atomic E-state index is -0.578. The first-order chi connectivity index (χ1) is 8.65. The van der Waals surface area contributed by atoms with Crippen LogP contribution >= 0.6 is 11.8 Å². The van der Waals surface area contributed by atoms with Gasteiger partial charge in [0.1, 0.15) is 16.9 Å². The van der Waals surface area contributed by atoms with Gasteiger partial charge in [0.05, 0.1) is 6.61 Å². The molecular formula is C12H10ClNO4. The number of ether oxygens (including phenoxy) is 1. The second kappa shape index (κ2) is 5.10. The zero-order valence-corrected chi connectivity index (χ0v) is 10.3. The van der Waals surface area contributed by atoms with Crippen molar-refractivity contribution in [2.75, 3.05) is 6.61 Å². The quantitative estimate of drug-likeness (QED) is 0.848. The van der Waals surface area contributed by atoms with Crippen LogP contribution in [0, 0.1) is 0 Å². The number of hydrogen-bond donors (Lipinski definition) is 1. The van der Waals surface area contributed by atoms with Crippen LogP contribution in [-0.4, -0.2) is 17.7 Å². The maximum absolute atomic E-state index is 11.7. The van der Waals surface area contributed by atoms with Gasteiger partial charge in [0.15, 0.2) is 0 Å². The highest BCUT2D eigenvalue weighted by molar-refractivity contribution is 6.14. The number of halogens is 1. The van der Waals surface area contributed by atoms with Crippen LogP contribution in [0.5, 0.6) is 5.75 Å². The summed E-state index contributed by atoms with van der Waals surface area (Å²) in [5.41, 5.74) is 0.554. The highest BCUT2D eigenvalue weighted by atomic mass is 35.5. The molecule has 2 rings (SSSR count). The highest BCUT2D eigenvalue weighted by Crippen LogP contribution is 2.19. The van der Waals surface area contributed by atoms with E-state index < -0.39 is 5.97 Å². The topological polar surface area (TPSA) is 72.0 Å². The first-order valence-corrected chi connectivity index (χ1v) is 5.58. The van der Waals surface area contributed by atoms with Gasteiger partial charge in [-0.05, 0) is 31.2 Å². The number of rotatable bonds is 2. The number of benzene rings is 1. The fraction of sp³-hybridized carbons (Fsp3) is 0.167. The van der Waals surface area contributed by atoms with Crippen molar-refractivity contribution >= 4 is 28.7 Å². The standard InChI is InChI=1S/C12H10ClNO4/c1-2-17-12(16)9-6-7-5-8(15)3-4-10(7)18-11(9)14-13/h3-6,15H,2H2,1H3/b14-11+. The molecule has 5 nitrogen and oxygen atoms in total. The molecule has 0 saturated carbocycles. The normalized spacial score (nSPS) is 11.8. The van der Waals surface area contributed by atoms with E-state index in [9.17, 15) is 9.90 Å². The van der Waals surface area contributed by atoms with Crippen LogP contribution in [0.3, 0.4) is 0 Å². The summed E-state index contributed by atoms with van der Waals surface area (Å²) in [6, 6.07) is 6.01. The molecule has 0 amide bonds. The van der Waals surface area contributed by atoms with Crippen molar-refractivity contribution in [3.05, 3.63) is 35.4 Å². The second-order valence-corrected chi connectivity index (χ2v) is 3.66. The summed E-state index contributed by atoms with van der Waals surface area (Å²) in [5.74, 6) is -0.506. The number of esters is 1. The molecule has 1 N–H and O–H groups in total. The first-order valence-electron chi connectivity index (χ1n) is 5.24. The SMILES string of the molecule is CCOC(=O)c1cc2cc(O)ccc2o/c1=N/Cl. The lowest BCUT2D eigenvalue weighted by Gasteiger charge is -2.04. The molecule has 0 bridgehead atoms. The third kappa shape index (κ3) is 2.31. The van der Waals surface area contributed by atoms with E-state index in [-0.39, 0.29) is 23.5 Å². The van der Waals surface area contributed by atoms with Gasteiger partial charge in [-0.3, -0.25) is 0 Å². The van der Waals surface area contributed by atoms with Gasteiger partial charge in [0.25, 0.3) is 0 Å². The molecule has 2 aromatic rings. The molecule has 0 unspecified atom stereocenters. The van der Waals surface area contributed by atoms with Crippen LogP contribution in [0.1, 0.15) is 17.3 Å². The zero-order chi connectivity index (χ0) is 13.1. The summed E-state index contributed by atoms with van der Waals surface area (Å²) in [5, 5.41) is 9.94. The first kappa shape index (κ1) is 12.4. The van der Waals surface area contributed by atoms with Gasteiger partial charge >= 0.3 is 5.97 Å². The lowest BCUT2D eigenvalue weighted by molar-refractivity contribution is 0.0521. The van der Waals surface area contributed by atoms with E-state index in [2.05, 4.69) is 4.51 Å². The van der Waals surface area contributed by atoms with Crippen molar-refractivity contribution in [2.24, 2.45) is 4.51 Å². The van der Waals surface area contributed by atoms with Crippen LogP contribution < -0.4 is 5.55 Å². The number of phenols is 1. The summed E-state index contributed by atoms with van der Waals surface area (Å²) in [6.45, 7) is 1.93. The summed E-state index contributed by atoms with van der Waals surface area (Å²) >= 11 is 5.38. The van der Waals surface area contributed by atoms with E-state index in [0.29, 0.717) is 11.0 Å².